The van der Waals surface area contributed by atoms with Gasteiger partial charge in [0.25, 0.3) is 0 Å². The van der Waals surface area contributed by atoms with Crippen LogP contribution in [0.5, 0.6) is 0 Å². The summed E-state index contributed by atoms with van der Waals surface area (Å²) in [4.78, 5) is 32.9. The maximum absolute atomic E-state index is 12.8. The Bertz CT molecular complexity index is 811. The summed E-state index contributed by atoms with van der Waals surface area (Å²) in [7, 11) is 3.68. The van der Waals surface area contributed by atoms with E-state index in [0.29, 0.717) is 19.1 Å². The molecule has 3 aliphatic heterocycles. The first-order chi connectivity index (χ1) is 15.4. The summed E-state index contributed by atoms with van der Waals surface area (Å²) in [6.07, 6.45) is 4.10. The van der Waals surface area contributed by atoms with E-state index in [4.69, 9.17) is 4.74 Å². The molecule has 7 nitrogen and oxygen atoms in total. The molecule has 1 aromatic rings. The summed E-state index contributed by atoms with van der Waals surface area (Å²) >= 11 is 0. The molecule has 0 N–H and O–H groups in total. The van der Waals surface area contributed by atoms with E-state index in [1.807, 2.05) is 30.8 Å². The Hall–Kier alpha value is -2.28. The average Bonchev–Trinajstić information content (AvgIpc) is 2.80. The van der Waals surface area contributed by atoms with Crippen molar-refractivity contribution in [3.8, 4) is 0 Å². The summed E-state index contributed by atoms with van der Waals surface area (Å²) in [6.45, 7) is 8.65. The number of hydrogen-bond donors (Lipinski definition) is 0. The second-order valence-corrected chi connectivity index (χ2v) is 9.90. The van der Waals surface area contributed by atoms with Gasteiger partial charge in [0.05, 0.1) is 6.61 Å². The van der Waals surface area contributed by atoms with E-state index in [0.717, 1.165) is 65.0 Å². The van der Waals surface area contributed by atoms with Crippen molar-refractivity contribution in [1.29, 1.82) is 0 Å². The minimum absolute atomic E-state index is 0.0598. The highest BCUT2D eigenvalue weighted by atomic mass is 16.6. The molecule has 1 spiro atoms. The lowest BCUT2D eigenvalue weighted by molar-refractivity contribution is 0.0704. The Morgan fingerprint density at radius 3 is 2.41 bits per heavy atom. The molecule has 4 rings (SSSR count). The topological polar surface area (TPSA) is 56.3 Å². The van der Waals surface area contributed by atoms with Crippen molar-refractivity contribution in [3.05, 3.63) is 35.4 Å². The largest absolute Gasteiger partial charge is 0.450 e. The van der Waals surface area contributed by atoms with Crippen LogP contribution in [0.2, 0.25) is 0 Å². The number of benzene rings is 1. The number of carbonyl (C=O) groups excluding carboxylic acids is 2. The van der Waals surface area contributed by atoms with E-state index >= 15 is 0 Å². The molecule has 7 heteroatoms. The van der Waals surface area contributed by atoms with Crippen molar-refractivity contribution in [1.82, 2.24) is 19.6 Å². The number of piperidine rings is 2. The highest BCUT2D eigenvalue weighted by Crippen LogP contribution is 2.42. The van der Waals surface area contributed by atoms with Crippen LogP contribution in [0.25, 0.3) is 0 Å². The number of hydrogen-bond acceptors (Lipinski definition) is 4. The van der Waals surface area contributed by atoms with Gasteiger partial charge in [0.2, 0.25) is 0 Å². The Kier molecular flexibility index (Phi) is 6.93. The van der Waals surface area contributed by atoms with E-state index in [1.54, 1.807) is 4.90 Å². The van der Waals surface area contributed by atoms with Gasteiger partial charge in [0.15, 0.2) is 0 Å². The quantitative estimate of drug-likeness (QED) is 0.720. The molecule has 1 aromatic carbocycles. The van der Waals surface area contributed by atoms with E-state index < -0.39 is 0 Å². The van der Waals surface area contributed by atoms with Gasteiger partial charge in [-0.25, -0.2) is 9.59 Å². The predicted molar refractivity (Wildman–Crippen MR) is 125 cm³/mol. The van der Waals surface area contributed by atoms with Crippen LogP contribution in [0.15, 0.2) is 24.3 Å². The first-order valence-corrected chi connectivity index (χ1v) is 12.1. The lowest BCUT2D eigenvalue weighted by Crippen LogP contribution is -2.55. The minimum atomic E-state index is -0.168. The summed E-state index contributed by atoms with van der Waals surface area (Å²) < 4.78 is 5.14. The summed E-state index contributed by atoms with van der Waals surface area (Å²) in [5, 5.41) is 0. The van der Waals surface area contributed by atoms with Crippen molar-refractivity contribution < 1.29 is 14.3 Å². The second-order valence-electron chi connectivity index (χ2n) is 9.90. The van der Waals surface area contributed by atoms with Crippen molar-refractivity contribution in [3.63, 3.8) is 0 Å². The normalized spacial score (nSPS) is 21.3. The maximum atomic E-state index is 12.8. The zero-order valence-electron chi connectivity index (χ0n) is 19.9. The number of likely N-dealkylation sites (tertiary alicyclic amines) is 2. The van der Waals surface area contributed by atoms with Crippen molar-refractivity contribution in [2.75, 3.05) is 60.0 Å². The fourth-order valence-electron chi connectivity index (χ4n) is 5.77. The molecule has 0 saturated carbocycles. The number of nitrogens with zero attached hydrogens (tertiary/aromatic N) is 4. The van der Waals surface area contributed by atoms with Crippen LogP contribution >= 0.6 is 0 Å². The SMILES string of the molecule is CCOC(=O)N1CCC(CN2CCC3(CC2)CN(C(=O)N(C)C)Cc2ccccc23)CC1. The standard InChI is InChI=1S/C25H38N4O3/c1-4-32-24(31)28-13-9-20(10-14-28)17-27-15-11-25(12-16-27)19-29(23(30)26(2)3)18-21-7-5-6-8-22(21)25/h5-8,20H,4,9-19H2,1-3H3. The zero-order chi connectivity index (χ0) is 22.7. The van der Waals surface area contributed by atoms with E-state index in [-0.39, 0.29) is 17.5 Å². The Labute approximate surface area is 192 Å². The van der Waals surface area contributed by atoms with Crippen LogP contribution in [-0.4, -0.2) is 91.7 Å². The molecule has 3 heterocycles. The highest BCUT2D eigenvalue weighted by Gasteiger charge is 2.43. The van der Waals surface area contributed by atoms with Crippen LogP contribution < -0.4 is 0 Å². The molecule has 3 aliphatic rings. The Morgan fingerprint density at radius 1 is 1.06 bits per heavy atom. The van der Waals surface area contributed by atoms with Crippen LogP contribution in [0, 0.1) is 5.92 Å². The lowest BCUT2D eigenvalue weighted by Gasteiger charge is -2.49. The minimum Gasteiger partial charge on any atom is -0.450 e. The molecule has 2 fully saturated rings. The summed E-state index contributed by atoms with van der Waals surface area (Å²) in [5.41, 5.74) is 2.81. The van der Waals surface area contributed by atoms with Gasteiger partial charge < -0.3 is 24.3 Å². The van der Waals surface area contributed by atoms with Gasteiger partial charge in [-0.2, -0.15) is 0 Å². The number of amides is 3. The average molecular weight is 443 g/mol. The third-order valence-corrected chi connectivity index (χ3v) is 7.57. The van der Waals surface area contributed by atoms with Gasteiger partial charge in [0.1, 0.15) is 0 Å². The number of rotatable bonds is 3. The fraction of sp³-hybridized carbons (Fsp3) is 0.680. The van der Waals surface area contributed by atoms with Gasteiger partial charge in [-0.15, -0.1) is 0 Å². The van der Waals surface area contributed by atoms with Crippen LogP contribution in [-0.2, 0) is 16.7 Å². The molecule has 176 valence electrons. The van der Waals surface area contributed by atoms with Gasteiger partial charge in [-0.05, 0) is 62.7 Å². The van der Waals surface area contributed by atoms with E-state index in [9.17, 15) is 9.59 Å². The van der Waals surface area contributed by atoms with Crippen molar-refractivity contribution >= 4 is 12.1 Å². The number of carbonyl (C=O) groups is 2. The zero-order valence-corrected chi connectivity index (χ0v) is 19.9. The van der Waals surface area contributed by atoms with Crippen LogP contribution in [0.4, 0.5) is 9.59 Å². The summed E-state index contributed by atoms with van der Waals surface area (Å²) in [5.74, 6) is 0.639. The first-order valence-electron chi connectivity index (χ1n) is 12.1. The van der Waals surface area contributed by atoms with E-state index in [2.05, 4.69) is 29.2 Å². The maximum Gasteiger partial charge on any atom is 0.409 e. The molecule has 0 radical (unpaired) electrons. The monoisotopic (exact) mass is 442 g/mol. The molecule has 0 aromatic heterocycles. The fourth-order valence-corrected chi connectivity index (χ4v) is 5.77. The number of urea groups is 1. The van der Waals surface area contributed by atoms with Gasteiger partial charge >= 0.3 is 12.1 Å². The molecule has 0 atom stereocenters. The molecule has 0 unspecified atom stereocenters. The Balaban J connectivity index is 1.36. The van der Waals surface area contributed by atoms with Gasteiger partial charge in [-0.1, -0.05) is 24.3 Å². The molecular weight excluding hydrogens is 404 g/mol. The van der Waals surface area contributed by atoms with Crippen LogP contribution in [0.1, 0.15) is 43.7 Å². The van der Waals surface area contributed by atoms with E-state index in [1.165, 1.54) is 11.1 Å². The van der Waals surface area contributed by atoms with Gasteiger partial charge in [0, 0.05) is 52.2 Å². The third-order valence-electron chi connectivity index (χ3n) is 7.57. The van der Waals surface area contributed by atoms with Crippen molar-refractivity contribution in [2.45, 2.75) is 44.6 Å². The lowest BCUT2D eigenvalue weighted by atomic mass is 9.68. The Morgan fingerprint density at radius 2 is 1.75 bits per heavy atom. The molecule has 0 bridgehead atoms. The molecule has 2 saturated heterocycles. The third kappa shape index (κ3) is 4.72. The second kappa shape index (κ2) is 9.69. The first kappa shape index (κ1) is 22.9. The summed E-state index contributed by atoms with van der Waals surface area (Å²) in [6, 6.07) is 8.82. The predicted octanol–water partition coefficient (Wildman–Crippen LogP) is 3.39. The highest BCUT2D eigenvalue weighted by molar-refractivity contribution is 5.74. The molecule has 32 heavy (non-hydrogen) atoms. The number of ether oxygens (including phenoxy) is 1. The van der Waals surface area contributed by atoms with Gasteiger partial charge in [-0.3, -0.25) is 0 Å². The molecule has 0 aliphatic carbocycles. The molecular formula is C25H38N4O3. The smallest absolute Gasteiger partial charge is 0.409 e. The number of fused-ring (bicyclic) bond motifs is 2. The molecule has 3 amide bonds. The van der Waals surface area contributed by atoms with Crippen LogP contribution in [0.3, 0.4) is 0 Å². The van der Waals surface area contributed by atoms with Crippen molar-refractivity contribution in [2.24, 2.45) is 5.92 Å².